The van der Waals surface area contributed by atoms with Crippen molar-refractivity contribution in [1.29, 1.82) is 0 Å². The molecule has 0 saturated heterocycles. The Hall–Kier alpha value is -3.03. The molecule has 0 spiro atoms. The molecule has 2 atom stereocenters. The minimum atomic E-state index is -0.842. The summed E-state index contributed by atoms with van der Waals surface area (Å²) in [7, 11) is 1.30. The highest BCUT2D eigenvalue weighted by Gasteiger charge is 2.37. The van der Waals surface area contributed by atoms with Crippen molar-refractivity contribution in [1.82, 2.24) is 20.2 Å². The van der Waals surface area contributed by atoms with E-state index in [0.29, 0.717) is 40.7 Å². The molecule has 0 bridgehead atoms. The molecule has 0 aliphatic carbocycles. The first-order valence-corrected chi connectivity index (χ1v) is 10.9. The molecule has 2 N–H and O–H groups in total. The van der Waals surface area contributed by atoms with E-state index in [4.69, 9.17) is 27.9 Å². The van der Waals surface area contributed by atoms with E-state index in [2.05, 4.69) is 15.3 Å². The quantitative estimate of drug-likeness (QED) is 0.545. The van der Waals surface area contributed by atoms with Crippen LogP contribution in [0.4, 0.5) is 4.79 Å². The van der Waals surface area contributed by atoms with Gasteiger partial charge in [0.15, 0.2) is 0 Å². The van der Waals surface area contributed by atoms with Crippen LogP contribution in [0.1, 0.15) is 28.6 Å². The average molecular weight is 473 g/mol. The molecule has 2 amide bonds. The van der Waals surface area contributed by atoms with Gasteiger partial charge in [-0.25, -0.2) is 14.6 Å². The minimum Gasteiger partial charge on any atom is -0.467 e. The summed E-state index contributed by atoms with van der Waals surface area (Å²) >= 11 is 12.8. The third-order valence-corrected chi connectivity index (χ3v) is 6.36. The first-order valence-electron chi connectivity index (χ1n) is 10.1. The zero-order valence-corrected chi connectivity index (χ0v) is 18.9. The van der Waals surface area contributed by atoms with Crippen LogP contribution in [-0.2, 0) is 22.4 Å². The molecule has 2 heterocycles. The third-order valence-electron chi connectivity index (χ3n) is 5.53. The average Bonchev–Trinajstić information content (AvgIpc) is 3.29. The fourth-order valence-corrected chi connectivity index (χ4v) is 4.37. The fraction of sp³-hybridized carbons (Fsp3) is 0.261. The Morgan fingerprint density at radius 2 is 2.00 bits per heavy atom. The highest BCUT2D eigenvalue weighted by Crippen LogP contribution is 2.39. The van der Waals surface area contributed by atoms with Crippen LogP contribution in [0.15, 0.2) is 54.9 Å². The maximum Gasteiger partial charge on any atom is 0.328 e. The van der Waals surface area contributed by atoms with Gasteiger partial charge in [-0.05, 0) is 11.6 Å². The van der Waals surface area contributed by atoms with Crippen molar-refractivity contribution in [2.24, 2.45) is 0 Å². The normalized spacial score (nSPS) is 16.2. The number of amides is 2. The second-order valence-electron chi connectivity index (χ2n) is 7.47. The molecule has 0 fully saturated rings. The van der Waals surface area contributed by atoms with Crippen molar-refractivity contribution < 1.29 is 14.3 Å². The maximum atomic E-state index is 13.4. The lowest BCUT2D eigenvalue weighted by molar-refractivity contribution is -0.142. The Bertz CT molecular complexity index is 1120. The number of methoxy groups -OCH3 is 1. The third kappa shape index (κ3) is 4.45. The number of nitrogens with one attached hydrogen (secondary N) is 2. The monoisotopic (exact) mass is 472 g/mol. The number of nitrogens with zero attached hydrogens (tertiary/aromatic N) is 2. The van der Waals surface area contributed by atoms with Crippen LogP contribution in [0.5, 0.6) is 0 Å². The summed E-state index contributed by atoms with van der Waals surface area (Å²) in [5, 5.41) is 3.60. The van der Waals surface area contributed by atoms with E-state index in [1.54, 1.807) is 23.4 Å². The number of carbonyl (C=O) groups is 2. The van der Waals surface area contributed by atoms with E-state index in [9.17, 15) is 9.59 Å². The van der Waals surface area contributed by atoms with Crippen molar-refractivity contribution in [3.8, 4) is 0 Å². The van der Waals surface area contributed by atoms with Gasteiger partial charge in [0.25, 0.3) is 0 Å². The molecule has 1 aliphatic heterocycles. The van der Waals surface area contributed by atoms with Gasteiger partial charge in [0.05, 0.1) is 29.2 Å². The first-order chi connectivity index (χ1) is 15.5. The number of aromatic nitrogens is 2. The molecular formula is C23H22Cl2N4O3. The van der Waals surface area contributed by atoms with Crippen LogP contribution >= 0.6 is 23.2 Å². The number of esters is 1. The molecular weight excluding hydrogens is 451 g/mol. The SMILES string of the molecule is COC(=O)[C@H](Cc1ccccc1)NC(=O)N1CCc2[nH]cnc2C1c1cccc(Cl)c1Cl. The number of hydrogen-bond donors (Lipinski definition) is 2. The molecule has 3 aromatic rings. The predicted octanol–water partition coefficient (Wildman–Crippen LogP) is 4.16. The van der Waals surface area contributed by atoms with Gasteiger partial charge in [0.1, 0.15) is 12.1 Å². The number of carbonyl (C=O) groups excluding carboxylic acids is 2. The molecule has 1 aliphatic rings. The number of imidazole rings is 1. The first kappa shape index (κ1) is 22.2. The van der Waals surface area contributed by atoms with E-state index < -0.39 is 24.1 Å². The minimum absolute atomic E-state index is 0.309. The Labute approximate surface area is 195 Å². The molecule has 2 aromatic carbocycles. The standard InChI is InChI=1S/C23H22Cl2N4O3/c1-32-22(30)18(12-14-6-3-2-4-7-14)28-23(31)29-11-10-17-20(27-13-26-17)21(29)15-8-5-9-16(24)19(15)25/h2-9,13,18,21H,10-12H2,1H3,(H,26,27)(H,28,31)/t18-,21?/m0/s1. The van der Waals surface area contributed by atoms with Gasteiger partial charge in [-0.2, -0.15) is 0 Å². The highest BCUT2D eigenvalue weighted by molar-refractivity contribution is 6.42. The lowest BCUT2D eigenvalue weighted by Gasteiger charge is -2.36. The summed E-state index contributed by atoms with van der Waals surface area (Å²) in [6.07, 6.45) is 2.51. The number of ether oxygens (including phenoxy) is 1. The number of rotatable bonds is 5. The molecule has 9 heteroatoms. The second-order valence-corrected chi connectivity index (χ2v) is 8.26. The molecule has 166 valence electrons. The summed E-state index contributed by atoms with van der Waals surface area (Å²) in [6, 6.07) is 12.9. The molecule has 1 aromatic heterocycles. The van der Waals surface area contributed by atoms with Crippen molar-refractivity contribution >= 4 is 35.2 Å². The van der Waals surface area contributed by atoms with Crippen LogP contribution in [0.25, 0.3) is 0 Å². The number of benzene rings is 2. The van der Waals surface area contributed by atoms with Gasteiger partial charge in [0, 0.05) is 30.6 Å². The van der Waals surface area contributed by atoms with Crippen LogP contribution in [0, 0.1) is 0 Å². The Balaban J connectivity index is 1.64. The Kier molecular flexibility index (Phi) is 6.67. The van der Waals surface area contributed by atoms with Crippen molar-refractivity contribution in [3.05, 3.63) is 87.4 Å². The summed E-state index contributed by atoms with van der Waals surface area (Å²) in [5.41, 5.74) is 3.21. The van der Waals surface area contributed by atoms with E-state index >= 15 is 0 Å². The van der Waals surface area contributed by atoms with Crippen molar-refractivity contribution in [3.63, 3.8) is 0 Å². The van der Waals surface area contributed by atoms with E-state index in [1.807, 2.05) is 36.4 Å². The van der Waals surface area contributed by atoms with E-state index in [0.717, 1.165) is 11.3 Å². The number of fused-ring (bicyclic) bond motifs is 1. The maximum absolute atomic E-state index is 13.4. The number of urea groups is 1. The summed E-state index contributed by atoms with van der Waals surface area (Å²) in [6.45, 7) is 0.410. The Morgan fingerprint density at radius 1 is 1.22 bits per heavy atom. The van der Waals surface area contributed by atoms with Crippen molar-refractivity contribution in [2.45, 2.75) is 24.9 Å². The van der Waals surface area contributed by atoms with Crippen LogP contribution < -0.4 is 5.32 Å². The molecule has 32 heavy (non-hydrogen) atoms. The number of halogens is 2. The molecule has 4 rings (SSSR count). The summed E-state index contributed by atoms with van der Waals surface area (Å²) < 4.78 is 4.93. The molecule has 0 saturated carbocycles. The number of aromatic amines is 1. The van der Waals surface area contributed by atoms with E-state index in [-0.39, 0.29) is 0 Å². The van der Waals surface area contributed by atoms with Gasteiger partial charge in [0.2, 0.25) is 0 Å². The summed E-state index contributed by atoms with van der Waals surface area (Å²) in [4.78, 5) is 35.1. The molecule has 7 nitrogen and oxygen atoms in total. The van der Waals surface area contributed by atoms with Crippen LogP contribution in [0.2, 0.25) is 10.0 Å². The van der Waals surface area contributed by atoms with E-state index in [1.165, 1.54) is 7.11 Å². The smallest absolute Gasteiger partial charge is 0.328 e. The largest absolute Gasteiger partial charge is 0.467 e. The highest BCUT2D eigenvalue weighted by atomic mass is 35.5. The summed E-state index contributed by atoms with van der Waals surface area (Å²) in [5.74, 6) is -0.517. The zero-order valence-electron chi connectivity index (χ0n) is 17.3. The lowest BCUT2D eigenvalue weighted by Crippen LogP contribution is -2.52. The van der Waals surface area contributed by atoms with Gasteiger partial charge in [-0.3, -0.25) is 0 Å². The zero-order chi connectivity index (χ0) is 22.7. The topological polar surface area (TPSA) is 87.3 Å². The molecule has 1 unspecified atom stereocenters. The Morgan fingerprint density at radius 3 is 2.75 bits per heavy atom. The number of H-pyrrole nitrogens is 1. The lowest BCUT2D eigenvalue weighted by atomic mass is 9.95. The number of hydrogen-bond acceptors (Lipinski definition) is 4. The fourth-order valence-electron chi connectivity index (χ4n) is 3.96. The van der Waals surface area contributed by atoms with Crippen LogP contribution in [0.3, 0.4) is 0 Å². The van der Waals surface area contributed by atoms with Crippen LogP contribution in [-0.4, -0.2) is 46.6 Å². The van der Waals surface area contributed by atoms with Gasteiger partial charge < -0.3 is 19.9 Å². The predicted molar refractivity (Wildman–Crippen MR) is 122 cm³/mol. The van der Waals surface area contributed by atoms with Gasteiger partial charge in [-0.15, -0.1) is 0 Å². The van der Waals surface area contributed by atoms with Gasteiger partial charge >= 0.3 is 12.0 Å². The molecule has 0 radical (unpaired) electrons. The van der Waals surface area contributed by atoms with Gasteiger partial charge in [-0.1, -0.05) is 65.7 Å². The van der Waals surface area contributed by atoms with Crippen molar-refractivity contribution in [2.75, 3.05) is 13.7 Å². The second kappa shape index (κ2) is 9.63.